The quantitative estimate of drug-likeness (QED) is 0.602. The van der Waals surface area contributed by atoms with Crippen LogP contribution < -0.4 is 15.3 Å². The van der Waals surface area contributed by atoms with Crippen molar-refractivity contribution in [1.29, 1.82) is 0 Å². The Morgan fingerprint density at radius 3 is 2.84 bits per heavy atom. The molecule has 5 rings (SSSR count). The molecule has 1 amide bonds. The number of ether oxygens (including phenoxy) is 2. The Hall–Kier alpha value is -3.40. The number of nitrogens with zero attached hydrogens (tertiary/aromatic N) is 6. The average Bonchev–Trinajstić information content (AvgIpc) is 3.16. The van der Waals surface area contributed by atoms with E-state index in [9.17, 15) is 9.59 Å². The molecule has 2 aliphatic heterocycles. The standard InChI is InChI=1S/C22H26N6O4/c1-2-31-15-28-22(30)27-9-6-17(13-19(27)24-28)26-10-11-32-18-12-16(14-23-20(18)26)21(29)25-7-4-3-5-8-25/h6,9,12-14H,2-5,7-8,10-11,15H2,1H3. The van der Waals surface area contributed by atoms with Gasteiger partial charge in [-0.2, -0.15) is 4.68 Å². The molecule has 10 nitrogen and oxygen atoms in total. The second-order valence-corrected chi connectivity index (χ2v) is 7.92. The Bertz CT molecular complexity index is 1200. The van der Waals surface area contributed by atoms with Crippen LogP contribution in [0.1, 0.15) is 36.5 Å². The van der Waals surface area contributed by atoms with Gasteiger partial charge in [-0.1, -0.05) is 0 Å². The number of anilines is 2. The highest BCUT2D eigenvalue weighted by atomic mass is 16.5. The van der Waals surface area contributed by atoms with Gasteiger partial charge in [0.1, 0.15) is 13.3 Å². The third-order valence-electron chi connectivity index (χ3n) is 5.85. The molecule has 0 aromatic carbocycles. The fraction of sp³-hybridized carbons (Fsp3) is 0.455. The molecule has 0 unspecified atom stereocenters. The van der Waals surface area contributed by atoms with E-state index in [-0.39, 0.29) is 18.3 Å². The number of carbonyl (C=O) groups is 1. The summed E-state index contributed by atoms with van der Waals surface area (Å²) in [6.07, 6.45) is 6.58. The summed E-state index contributed by atoms with van der Waals surface area (Å²) >= 11 is 0. The lowest BCUT2D eigenvalue weighted by Crippen LogP contribution is -2.36. The number of aromatic nitrogens is 4. The minimum absolute atomic E-state index is 0.00126. The van der Waals surface area contributed by atoms with Crippen molar-refractivity contribution in [2.45, 2.75) is 32.9 Å². The first-order chi connectivity index (χ1) is 15.7. The molecule has 0 atom stereocenters. The lowest BCUT2D eigenvalue weighted by atomic mass is 10.1. The van der Waals surface area contributed by atoms with Gasteiger partial charge in [0.15, 0.2) is 17.2 Å². The van der Waals surface area contributed by atoms with Gasteiger partial charge in [-0.25, -0.2) is 9.78 Å². The van der Waals surface area contributed by atoms with Gasteiger partial charge in [0.25, 0.3) is 5.91 Å². The van der Waals surface area contributed by atoms with E-state index < -0.39 is 0 Å². The molecule has 1 fully saturated rings. The van der Waals surface area contributed by atoms with E-state index in [4.69, 9.17) is 9.47 Å². The molecule has 0 aliphatic carbocycles. The third kappa shape index (κ3) is 3.70. The summed E-state index contributed by atoms with van der Waals surface area (Å²) in [5, 5.41) is 4.36. The molecular formula is C22H26N6O4. The molecule has 0 N–H and O–H groups in total. The van der Waals surface area contributed by atoms with Crippen molar-refractivity contribution in [3.05, 3.63) is 46.6 Å². The van der Waals surface area contributed by atoms with Crippen molar-refractivity contribution in [2.24, 2.45) is 0 Å². The second-order valence-electron chi connectivity index (χ2n) is 7.92. The highest BCUT2D eigenvalue weighted by Crippen LogP contribution is 2.35. The largest absolute Gasteiger partial charge is 0.488 e. The van der Waals surface area contributed by atoms with Crippen molar-refractivity contribution >= 4 is 23.1 Å². The van der Waals surface area contributed by atoms with Crippen molar-refractivity contribution in [3.8, 4) is 5.75 Å². The molecule has 3 aromatic heterocycles. The summed E-state index contributed by atoms with van der Waals surface area (Å²) < 4.78 is 13.9. The molecular weight excluding hydrogens is 412 g/mol. The van der Waals surface area contributed by atoms with Gasteiger partial charge in [0.2, 0.25) is 0 Å². The van der Waals surface area contributed by atoms with E-state index in [2.05, 4.69) is 10.1 Å². The van der Waals surface area contributed by atoms with Gasteiger partial charge < -0.3 is 19.3 Å². The van der Waals surface area contributed by atoms with Crippen molar-refractivity contribution < 1.29 is 14.3 Å². The number of likely N-dealkylation sites (tertiary alicyclic amines) is 1. The first-order valence-electron chi connectivity index (χ1n) is 11.0. The Labute approximate surface area is 185 Å². The first-order valence-corrected chi connectivity index (χ1v) is 11.0. The third-order valence-corrected chi connectivity index (χ3v) is 5.85. The zero-order chi connectivity index (χ0) is 22.1. The summed E-state index contributed by atoms with van der Waals surface area (Å²) in [5.41, 5.74) is 1.67. The molecule has 0 radical (unpaired) electrons. The molecule has 168 valence electrons. The SMILES string of the molecule is CCOCn1nc2cc(N3CCOc4cc(C(=O)N5CCCCC5)cnc43)ccn2c1=O. The van der Waals surface area contributed by atoms with E-state index in [0.717, 1.165) is 31.6 Å². The maximum Gasteiger partial charge on any atom is 0.352 e. The van der Waals surface area contributed by atoms with Gasteiger partial charge in [-0.3, -0.25) is 9.20 Å². The number of piperidine rings is 1. The van der Waals surface area contributed by atoms with Gasteiger partial charge >= 0.3 is 5.69 Å². The van der Waals surface area contributed by atoms with E-state index >= 15 is 0 Å². The molecule has 0 bridgehead atoms. The van der Waals surface area contributed by atoms with Gasteiger partial charge in [0.05, 0.1) is 12.1 Å². The minimum atomic E-state index is -0.249. The molecule has 32 heavy (non-hydrogen) atoms. The molecule has 5 heterocycles. The number of hydrogen-bond acceptors (Lipinski definition) is 7. The molecule has 2 aliphatic rings. The monoisotopic (exact) mass is 438 g/mol. The van der Waals surface area contributed by atoms with E-state index in [1.165, 1.54) is 15.5 Å². The van der Waals surface area contributed by atoms with Crippen LogP contribution in [0.5, 0.6) is 5.75 Å². The molecule has 10 heteroatoms. The van der Waals surface area contributed by atoms with Crippen LogP contribution in [0.3, 0.4) is 0 Å². The highest BCUT2D eigenvalue weighted by molar-refractivity contribution is 5.95. The van der Waals surface area contributed by atoms with Gasteiger partial charge in [-0.15, -0.1) is 5.10 Å². The Kier molecular flexibility index (Phi) is 5.52. The maximum absolute atomic E-state index is 12.9. The number of carbonyl (C=O) groups excluding carboxylic acids is 1. The Morgan fingerprint density at radius 1 is 1.19 bits per heavy atom. The zero-order valence-corrected chi connectivity index (χ0v) is 18.1. The Balaban J connectivity index is 1.44. The normalized spacial score (nSPS) is 16.2. The number of rotatable bonds is 5. The first kappa shape index (κ1) is 20.5. The Morgan fingerprint density at radius 2 is 2.03 bits per heavy atom. The summed E-state index contributed by atoms with van der Waals surface area (Å²) in [7, 11) is 0. The predicted molar refractivity (Wildman–Crippen MR) is 118 cm³/mol. The summed E-state index contributed by atoms with van der Waals surface area (Å²) in [6, 6.07) is 5.48. The summed E-state index contributed by atoms with van der Waals surface area (Å²) in [5.74, 6) is 1.23. The van der Waals surface area contributed by atoms with Crippen molar-refractivity contribution in [1.82, 2.24) is 24.1 Å². The number of amides is 1. The second kappa shape index (κ2) is 8.62. The van der Waals surface area contributed by atoms with Crippen molar-refractivity contribution in [3.63, 3.8) is 0 Å². The van der Waals surface area contributed by atoms with Crippen LogP contribution >= 0.6 is 0 Å². The highest BCUT2D eigenvalue weighted by Gasteiger charge is 2.25. The lowest BCUT2D eigenvalue weighted by molar-refractivity contribution is 0.0723. The minimum Gasteiger partial charge on any atom is -0.488 e. The van der Waals surface area contributed by atoms with Crippen LogP contribution in [0.2, 0.25) is 0 Å². The van der Waals surface area contributed by atoms with Crippen LogP contribution in [0, 0.1) is 0 Å². The fourth-order valence-corrected chi connectivity index (χ4v) is 4.18. The average molecular weight is 438 g/mol. The van der Waals surface area contributed by atoms with Gasteiger partial charge in [0, 0.05) is 43.8 Å². The van der Waals surface area contributed by atoms with E-state index in [0.29, 0.717) is 42.5 Å². The van der Waals surface area contributed by atoms with E-state index in [1.807, 2.05) is 28.9 Å². The summed E-state index contributed by atoms with van der Waals surface area (Å²) in [6.45, 7) is 5.13. The molecule has 3 aromatic rings. The van der Waals surface area contributed by atoms with Crippen LogP contribution in [0.4, 0.5) is 11.5 Å². The summed E-state index contributed by atoms with van der Waals surface area (Å²) in [4.78, 5) is 33.8. The van der Waals surface area contributed by atoms with E-state index in [1.54, 1.807) is 18.5 Å². The maximum atomic E-state index is 12.9. The molecule has 0 saturated carbocycles. The van der Waals surface area contributed by atoms with Crippen LogP contribution in [0.15, 0.2) is 35.4 Å². The fourth-order valence-electron chi connectivity index (χ4n) is 4.18. The van der Waals surface area contributed by atoms with Crippen LogP contribution in [-0.2, 0) is 11.5 Å². The number of hydrogen-bond donors (Lipinski definition) is 0. The lowest BCUT2D eigenvalue weighted by Gasteiger charge is -2.31. The topological polar surface area (TPSA) is 94.2 Å². The van der Waals surface area contributed by atoms with Crippen LogP contribution in [0.25, 0.3) is 5.65 Å². The predicted octanol–water partition coefficient (Wildman–Crippen LogP) is 2.04. The van der Waals surface area contributed by atoms with Crippen molar-refractivity contribution in [2.75, 3.05) is 37.7 Å². The smallest absolute Gasteiger partial charge is 0.352 e. The molecule has 1 saturated heterocycles. The number of pyridine rings is 2. The zero-order valence-electron chi connectivity index (χ0n) is 18.1. The molecule has 0 spiro atoms. The van der Waals surface area contributed by atoms with Gasteiger partial charge in [-0.05, 0) is 38.3 Å². The van der Waals surface area contributed by atoms with Crippen LogP contribution in [-0.4, -0.2) is 62.8 Å². The number of fused-ring (bicyclic) bond motifs is 2.